The van der Waals surface area contributed by atoms with Crippen molar-refractivity contribution < 1.29 is 19.7 Å². The van der Waals surface area contributed by atoms with Crippen molar-refractivity contribution in [2.24, 2.45) is 5.92 Å². The summed E-state index contributed by atoms with van der Waals surface area (Å²) in [5, 5.41) is 21.2. The molecule has 2 atom stereocenters. The van der Waals surface area contributed by atoms with Crippen LogP contribution in [0.4, 0.5) is 5.69 Å². The molecule has 2 heterocycles. The number of pyridine rings is 1. The van der Waals surface area contributed by atoms with Gasteiger partial charge in [0.15, 0.2) is 11.4 Å². The summed E-state index contributed by atoms with van der Waals surface area (Å²) in [5.41, 5.74) is 0.337. The van der Waals surface area contributed by atoms with Gasteiger partial charge in [0.2, 0.25) is 0 Å². The highest BCUT2D eigenvalue weighted by molar-refractivity contribution is 6.31. The number of aliphatic hydroxyl groups excluding tert-OH is 1. The first-order valence-corrected chi connectivity index (χ1v) is 11.7. The number of hydrogen-bond acceptors (Lipinski definition) is 5. The van der Waals surface area contributed by atoms with Crippen molar-refractivity contribution in [3.8, 4) is 11.4 Å². The van der Waals surface area contributed by atoms with Crippen LogP contribution in [-0.2, 0) is 16.9 Å². The molecule has 0 spiro atoms. The minimum Gasteiger partial charge on any atom is -0.491 e. The van der Waals surface area contributed by atoms with Crippen LogP contribution in [0.1, 0.15) is 24.5 Å². The Morgan fingerprint density at radius 2 is 1.94 bits per heavy atom. The molecule has 8 heteroatoms. The van der Waals surface area contributed by atoms with Gasteiger partial charge in [-0.25, -0.2) is 0 Å². The molecule has 1 aliphatic heterocycles. The molecule has 35 heavy (non-hydrogen) atoms. The Bertz CT molecular complexity index is 1340. The fraction of sp³-hybridized carbons (Fsp3) is 0.259. The van der Waals surface area contributed by atoms with Gasteiger partial charge in [0.25, 0.3) is 11.5 Å². The van der Waals surface area contributed by atoms with Crippen molar-refractivity contribution in [3.63, 3.8) is 0 Å². The molecule has 0 aliphatic carbocycles. The summed E-state index contributed by atoms with van der Waals surface area (Å²) < 4.78 is 6.62. The molecule has 1 amide bonds. The van der Waals surface area contributed by atoms with Gasteiger partial charge in [-0.15, -0.1) is 0 Å². The fourth-order valence-corrected chi connectivity index (χ4v) is 4.58. The van der Waals surface area contributed by atoms with E-state index in [0.717, 1.165) is 5.56 Å². The van der Waals surface area contributed by atoms with Gasteiger partial charge in [0.05, 0.1) is 19.3 Å². The Balaban J connectivity index is 1.71. The molecule has 0 radical (unpaired) electrons. The van der Waals surface area contributed by atoms with Crippen LogP contribution in [0.15, 0.2) is 77.7 Å². The molecule has 1 aliphatic rings. The van der Waals surface area contributed by atoms with Gasteiger partial charge in [-0.3, -0.25) is 14.2 Å². The number of carbonyl (C=O) groups is 1. The lowest BCUT2D eigenvalue weighted by atomic mass is 9.83. The lowest BCUT2D eigenvalue weighted by Gasteiger charge is -2.27. The van der Waals surface area contributed by atoms with Crippen molar-refractivity contribution in [2.75, 3.05) is 18.6 Å². The number of amides is 1. The normalized spacial score (nSPS) is 18.2. The molecule has 1 aromatic heterocycles. The van der Waals surface area contributed by atoms with Crippen LogP contribution in [0.5, 0.6) is 5.75 Å². The van der Waals surface area contributed by atoms with Gasteiger partial charge in [-0.1, -0.05) is 42.8 Å². The molecule has 4 rings (SSSR count). The van der Waals surface area contributed by atoms with E-state index in [0.29, 0.717) is 28.4 Å². The van der Waals surface area contributed by atoms with E-state index in [1.54, 1.807) is 61.7 Å². The van der Waals surface area contributed by atoms with Crippen LogP contribution in [0, 0.1) is 5.92 Å². The van der Waals surface area contributed by atoms with E-state index in [4.69, 9.17) is 21.4 Å². The number of rotatable bonds is 8. The third-order valence-corrected chi connectivity index (χ3v) is 6.51. The number of methoxy groups -OCH3 is 1. The first-order valence-electron chi connectivity index (χ1n) is 11.3. The van der Waals surface area contributed by atoms with Crippen LogP contribution >= 0.6 is 11.6 Å². The number of anilines is 1. The van der Waals surface area contributed by atoms with Crippen LogP contribution in [0.3, 0.4) is 0 Å². The van der Waals surface area contributed by atoms with Gasteiger partial charge in [-0.05, 0) is 54.4 Å². The second-order valence-electron chi connectivity index (χ2n) is 8.47. The topological polar surface area (TPSA) is 92.0 Å². The molecule has 2 N–H and O–H groups in total. The number of hydrogen-bond donors (Lipinski definition) is 2. The summed E-state index contributed by atoms with van der Waals surface area (Å²) in [7, 11) is 1.45. The molecular formula is C27H27ClN2O5. The molecule has 7 nitrogen and oxygen atoms in total. The Morgan fingerprint density at radius 3 is 2.69 bits per heavy atom. The average molecular weight is 495 g/mol. The van der Waals surface area contributed by atoms with E-state index in [9.17, 15) is 14.7 Å². The number of carbonyl (C=O) groups excluding carboxylic acids is 1. The van der Waals surface area contributed by atoms with Crippen LogP contribution in [0.25, 0.3) is 5.69 Å². The summed E-state index contributed by atoms with van der Waals surface area (Å²) in [6, 6.07) is 15.7. The van der Waals surface area contributed by atoms with Crippen molar-refractivity contribution in [1.29, 1.82) is 0 Å². The third-order valence-electron chi connectivity index (χ3n) is 6.27. The predicted molar refractivity (Wildman–Crippen MR) is 135 cm³/mol. The molecule has 0 bridgehead atoms. The van der Waals surface area contributed by atoms with Gasteiger partial charge in [-0.2, -0.15) is 0 Å². The molecule has 3 aromatic rings. The van der Waals surface area contributed by atoms with Gasteiger partial charge < -0.3 is 19.8 Å². The molecular weight excluding hydrogens is 468 g/mol. The van der Waals surface area contributed by atoms with E-state index >= 15 is 0 Å². The molecule has 0 unspecified atom stereocenters. The SMILES string of the molecule is COc1cccn(-c2cccc(CN3C(=O)[C@@](O)([C@@H](C)/C=C/CCO)c4cc(Cl)ccc43)c2)c1=O. The zero-order valence-corrected chi connectivity index (χ0v) is 20.3. The Kier molecular flexibility index (Phi) is 7.12. The maximum Gasteiger partial charge on any atom is 0.297 e. The Hall–Kier alpha value is -3.39. The van der Waals surface area contributed by atoms with Crippen LogP contribution in [-0.4, -0.2) is 34.4 Å². The summed E-state index contributed by atoms with van der Waals surface area (Å²) >= 11 is 6.23. The minimum atomic E-state index is -1.80. The number of fused-ring (bicyclic) bond motifs is 1. The van der Waals surface area contributed by atoms with E-state index in [1.165, 1.54) is 16.6 Å². The zero-order valence-electron chi connectivity index (χ0n) is 19.5. The lowest BCUT2D eigenvalue weighted by molar-refractivity contribution is -0.139. The first-order chi connectivity index (χ1) is 16.8. The quantitative estimate of drug-likeness (QED) is 0.465. The molecule has 2 aromatic carbocycles. The predicted octanol–water partition coefficient (Wildman–Crippen LogP) is 3.81. The van der Waals surface area contributed by atoms with Crippen molar-refractivity contribution in [3.05, 3.63) is 99.4 Å². The van der Waals surface area contributed by atoms with E-state index in [1.807, 2.05) is 18.2 Å². The number of ether oxygens (including phenoxy) is 1. The Labute approximate surface area is 208 Å². The standard InChI is InChI=1S/C27H27ClN2O5/c1-18(7-3-4-14-31)27(34)22-16-20(28)11-12-23(22)30(26(27)33)17-19-8-5-9-21(15-19)29-13-6-10-24(35-2)25(29)32/h3,5-13,15-16,18,31,34H,4,14,17H2,1-2H3/b7-3+/t18-,27+/m0/s1. The van der Waals surface area contributed by atoms with E-state index in [2.05, 4.69) is 0 Å². The number of nitrogens with zero attached hydrogens (tertiary/aromatic N) is 2. The highest BCUT2D eigenvalue weighted by atomic mass is 35.5. The maximum atomic E-state index is 13.6. The smallest absolute Gasteiger partial charge is 0.297 e. The summed E-state index contributed by atoms with van der Waals surface area (Å²) in [4.78, 5) is 27.9. The van der Waals surface area contributed by atoms with Crippen molar-refractivity contribution in [2.45, 2.75) is 25.5 Å². The van der Waals surface area contributed by atoms with E-state index in [-0.39, 0.29) is 24.5 Å². The van der Waals surface area contributed by atoms with Crippen molar-refractivity contribution >= 4 is 23.2 Å². The summed E-state index contributed by atoms with van der Waals surface area (Å²) in [5.74, 6) is -0.780. The van der Waals surface area contributed by atoms with Gasteiger partial charge in [0.1, 0.15) is 0 Å². The summed E-state index contributed by atoms with van der Waals surface area (Å²) in [6.45, 7) is 1.93. The van der Waals surface area contributed by atoms with Crippen LogP contribution < -0.4 is 15.2 Å². The number of halogens is 1. The monoisotopic (exact) mass is 494 g/mol. The minimum absolute atomic E-state index is 0.0170. The number of aliphatic hydroxyl groups is 2. The number of benzene rings is 2. The molecule has 0 saturated heterocycles. The lowest BCUT2D eigenvalue weighted by Crippen LogP contribution is -2.44. The average Bonchev–Trinajstić information content (AvgIpc) is 3.06. The molecule has 0 saturated carbocycles. The Morgan fingerprint density at radius 1 is 1.14 bits per heavy atom. The van der Waals surface area contributed by atoms with Gasteiger partial charge >= 0.3 is 0 Å². The van der Waals surface area contributed by atoms with Crippen molar-refractivity contribution in [1.82, 2.24) is 4.57 Å². The second-order valence-corrected chi connectivity index (χ2v) is 8.91. The third kappa shape index (κ3) is 4.50. The first kappa shape index (κ1) is 24.7. The van der Waals surface area contributed by atoms with Gasteiger partial charge in [0, 0.05) is 35.0 Å². The van der Waals surface area contributed by atoms with Crippen LogP contribution in [0.2, 0.25) is 5.02 Å². The number of aromatic nitrogens is 1. The highest BCUT2D eigenvalue weighted by Gasteiger charge is 2.52. The second kappa shape index (κ2) is 10.1. The summed E-state index contributed by atoms with van der Waals surface area (Å²) in [6.07, 6.45) is 5.56. The zero-order chi connectivity index (χ0) is 25.2. The largest absolute Gasteiger partial charge is 0.491 e. The highest BCUT2D eigenvalue weighted by Crippen LogP contribution is 2.46. The fourth-order valence-electron chi connectivity index (χ4n) is 4.41. The maximum absolute atomic E-state index is 13.6. The molecule has 0 fully saturated rings. The van der Waals surface area contributed by atoms with E-state index < -0.39 is 17.4 Å². The molecule has 182 valence electrons.